The van der Waals surface area contributed by atoms with E-state index in [1.54, 1.807) is 6.92 Å². The van der Waals surface area contributed by atoms with Gasteiger partial charge in [-0.05, 0) is 13.8 Å². The van der Waals surface area contributed by atoms with Crippen LogP contribution in [0.4, 0.5) is 0 Å². The first-order valence-electron chi connectivity index (χ1n) is 4.86. The smallest absolute Gasteiger partial charge is 0.104 e. The Morgan fingerprint density at radius 2 is 1.92 bits per heavy atom. The summed E-state index contributed by atoms with van der Waals surface area (Å²) in [5.74, 6) is 0. The Bertz CT molecular complexity index is 192. The summed E-state index contributed by atoms with van der Waals surface area (Å²) >= 11 is 0. The third-order valence-corrected chi connectivity index (χ3v) is 3.02. The molecule has 0 bridgehead atoms. The maximum Gasteiger partial charge on any atom is 0.104 e. The number of aliphatic hydroxyl groups is 2. The van der Waals surface area contributed by atoms with Crippen LogP contribution < -0.4 is 0 Å². The summed E-state index contributed by atoms with van der Waals surface area (Å²) in [5, 5.41) is 18.7. The van der Waals surface area contributed by atoms with Gasteiger partial charge in [0.05, 0.1) is 5.60 Å². The van der Waals surface area contributed by atoms with Crippen LogP contribution in [0.15, 0.2) is 0 Å². The Labute approximate surface area is 78.8 Å². The summed E-state index contributed by atoms with van der Waals surface area (Å²) in [7, 11) is 0. The third-order valence-electron chi connectivity index (χ3n) is 3.02. The van der Waals surface area contributed by atoms with Crippen molar-refractivity contribution in [3.8, 4) is 0 Å². The fourth-order valence-electron chi connectivity index (χ4n) is 2.11. The molecule has 13 heavy (non-hydrogen) atoms. The van der Waals surface area contributed by atoms with Gasteiger partial charge in [0.2, 0.25) is 0 Å². The second-order valence-electron chi connectivity index (χ2n) is 4.64. The van der Waals surface area contributed by atoms with E-state index in [1.165, 1.54) is 0 Å². The summed E-state index contributed by atoms with van der Waals surface area (Å²) < 4.78 is 0. The molecule has 0 amide bonds. The SMILES string of the molecule is CC(O)N1CC(N2CC(C)(O)C2)C1. The molecule has 0 aromatic heterocycles. The molecule has 0 spiro atoms. The minimum absolute atomic E-state index is 0.321. The van der Waals surface area contributed by atoms with Crippen molar-refractivity contribution in [2.75, 3.05) is 26.2 Å². The predicted octanol–water partition coefficient (Wildman–Crippen LogP) is -0.924. The number of hydrogen-bond acceptors (Lipinski definition) is 4. The van der Waals surface area contributed by atoms with Gasteiger partial charge in [0.1, 0.15) is 6.23 Å². The number of aliphatic hydroxyl groups excluding tert-OH is 1. The number of hydrogen-bond donors (Lipinski definition) is 2. The van der Waals surface area contributed by atoms with Gasteiger partial charge in [0.15, 0.2) is 0 Å². The molecule has 0 saturated carbocycles. The fraction of sp³-hybridized carbons (Fsp3) is 1.00. The highest BCUT2D eigenvalue weighted by Gasteiger charge is 2.44. The van der Waals surface area contributed by atoms with E-state index in [4.69, 9.17) is 0 Å². The molecule has 4 nitrogen and oxygen atoms in total. The van der Waals surface area contributed by atoms with Crippen LogP contribution >= 0.6 is 0 Å². The minimum atomic E-state index is -0.467. The average Bonchev–Trinajstić information content (AvgIpc) is 1.78. The molecule has 2 rings (SSSR count). The molecule has 1 unspecified atom stereocenters. The highest BCUT2D eigenvalue weighted by Crippen LogP contribution is 2.27. The van der Waals surface area contributed by atoms with Gasteiger partial charge in [-0.1, -0.05) is 0 Å². The van der Waals surface area contributed by atoms with E-state index < -0.39 is 5.60 Å². The van der Waals surface area contributed by atoms with E-state index in [0.29, 0.717) is 6.04 Å². The first-order valence-corrected chi connectivity index (χ1v) is 4.86. The zero-order valence-electron chi connectivity index (χ0n) is 8.27. The van der Waals surface area contributed by atoms with Crippen molar-refractivity contribution in [1.82, 2.24) is 9.80 Å². The van der Waals surface area contributed by atoms with Crippen molar-refractivity contribution >= 4 is 0 Å². The molecular weight excluding hydrogens is 168 g/mol. The first kappa shape index (κ1) is 9.40. The highest BCUT2D eigenvalue weighted by molar-refractivity contribution is 5.00. The van der Waals surface area contributed by atoms with Crippen LogP contribution in [-0.4, -0.2) is 64.1 Å². The number of likely N-dealkylation sites (tertiary alicyclic amines) is 2. The lowest BCUT2D eigenvalue weighted by Gasteiger charge is -2.54. The maximum absolute atomic E-state index is 9.52. The van der Waals surface area contributed by atoms with Gasteiger partial charge in [-0.2, -0.15) is 0 Å². The number of nitrogens with zero attached hydrogens (tertiary/aromatic N) is 2. The monoisotopic (exact) mass is 186 g/mol. The molecule has 0 aliphatic carbocycles. The van der Waals surface area contributed by atoms with Crippen LogP contribution in [-0.2, 0) is 0 Å². The van der Waals surface area contributed by atoms with Crippen LogP contribution in [0, 0.1) is 0 Å². The summed E-state index contributed by atoms with van der Waals surface area (Å²) in [4.78, 5) is 4.30. The normalized spacial score (nSPS) is 32.3. The molecular formula is C9H18N2O2. The van der Waals surface area contributed by atoms with Gasteiger partial charge in [-0.3, -0.25) is 9.80 Å². The molecule has 0 aromatic carbocycles. The van der Waals surface area contributed by atoms with E-state index in [0.717, 1.165) is 26.2 Å². The zero-order chi connectivity index (χ0) is 9.64. The van der Waals surface area contributed by atoms with Gasteiger partial charge in [0, 0.05) is 32.2 Å². The molecule has 2 heterocycles. The highest BCUT2D eigenvalue weighted by atomic mass is 16.3. The number of rotatable bonds is 2. The summed E-state index contributed by atoms with van der Waals surface area (Å²) in [6, 6.07) is 0.551. The largest absolute Gasteiger partial charge is 0.388 e. The molecule has 76 valence electrons. The van der Waals surface area contributed by atoms with Crippen molar-refractivity contribution in [2.45, 2.75) is 31.7 Å². The summed E-state index contributed by atoms with van der Waals surface area (Å²) in [5.41, 5.74) is -0.467. The Morgan fingerprint density at radius 1 is 1.38 bits per heavy atom. The number of β-amino-alcohol motifs (C(OH)–C–C–N with tert-alkyl or cyclic N) is 1. The fourth-order valence-corrected chi connectivity index (χ4v) is 2.11. The van der Waals surface area contributed by atoms with Gasteiger partial charge in [0.25, 0.3) is 0 Å². The third kappa shape index (κ3) is 1.72. The Hall–Kier alpha value is -0.160. The van der Waals surface area contributed by atoms with Gasteiger partial charge in [-0.25, -0.2) is 0 Å². The summed E-state index contributed by atoms with van der Waals surface area (Å²) in [6.45, 7) is 7.11. The van der Waals surface area contributed by atoms with E-state index in [9.17, 15) is 10.2 Å². The molecule has 0 radical (unpaired) electrons. The second kappa shape index (κ2) is 2.92. The van der Waals surface area contributed by atoms with Gasteiger partial charge >= 0.3 is 0 Å². The maximum atomic E-state index is 9.52. The van der Waals surface area contributed by atoms with Crippen molar-refractivity contribution in [3.63, 3.8) is 0 Å². The quantitative estimate of drug-likeness (QED) is 0.585. The Kier molecular flexibility index (Phi) is 2.11. The van der Waals surface area contributed by atoms with Crippen LogP contribution in [0.2, 0.25) is 0 Å². The van der Waals surface area contributed by atoms with Crippen LogP contribution in [0.1, 0.15) is 13.8 Å². The van der Waals surface area contributed by atoms with Crippen LogP contribution in [0.5, 0.6) is 0 Å². The average molecular weight is 186 g/mol. The molecule has 2 aliphatic rings. The zero-order valence-corrected chi connectivity index (χ0v) is 8.27. The lowest BCUT2D eigenvalue weighted by molar-refractivity contribution is -0.149. The van der Waals surface area contributed by atoms with Gasteiger partial charge < -0.3 is 10.2 Å². The second-order valence-corrected chi connectivity index (χ2v) is 4.64. The van der Waals surface area contributed by atoms with Crippen molar-refractivity contribution in [3.05, 3.63) is 0 Å². The molecule has 4 heteroatoms. The predicted molar refractivity (Wildman–Crippen MR) is 49.2 cm³/mol. The van der Waals surface area contributed by atoms with Crippen LogP contribution in [0.25, 0.3) is 0 Å². The molecule has 2 N–H and O–H groups in total. The van der Waals surface area contributed by atoms with E-state index >= 15 is 0 Å². The Morgan fingerprint density at radius 3 is 2.31 bits per heavy atom. The van der Waals surface area contributed by atoms with E-state index in [-0.39, 0.29) is 6.23 Å². The molecule has 2 fully saturated rings. The van der Waals surface area contributed by atoms with Crippen molar-refractivity contribution in [2.24, 2.45) is 0 Å². The summed E-state index contributed by atoms with van der Waals surface area (Å²) in [6.07, 6.45) is -0.321. The first-order chi connectivity index (χ1) is 5.98. The molecule has 2 saturated heterocycles. The van der Waals surface area contributed by atoms with Crippen molar-refractivity contribution in [1.29, 1.82) is 0 Å². The lowest BCUT2D eigenvalue weighted by atomic mass is 9.92. The topological polar surface area (TPSA) is 46.9 Å². The van der Waals surface area contributed by atoms with Crippen molar-refractivity contribution < 1.29 is 10.2 Å². The van der Waals surface area contributed by atoms with Gasteiger partial charge in [-0.15, -0.1) is 0 Å². The van der Waals surface area contributed by atoms with Crippen LogP contribution in [0.3, 0.4) is 0 Å². The molecule has 2 aliphatic heterocycles. The lowest BCUT2D eigenvalue weighted by Crippen LogP contribution is -2.71. The standard InChI is InChI=1S/C9H18N2O2/c1-7(12)10-3-8(4-10)11-5-9(2,13)6-11/h7-8,12-13H,3-6H2,1-2H3. The molecule has 1 atom stereocenters. The van der Waals surface area contributed by atoms with E-state index in [1.807, 2.05) is 11.8 Å². The molecule has 0 aromatic rings. The Balaban J connectivity index is 1.71. The van der Waals surface area contributed by atoms with E-state index in [2.05, 4.69) is 4.90 Å². The minimum Gasteiger partial charge on any atom is -0.388 e.